The van der Waals surface area contributed by atoms with Gasteiger partial charge in [-0.2, -0.15) is 0 Å². The lowest BCUT2D eigenvalue weighted by atomic mass is 9.83. The number of benzene rings is 2. The van der Waals surface area contributed by atoms with Gasteiger partial charge < -0.3 is 61.7 Å². The third kappa shape index (κ3) is 27.5. The van der Waals surface area contributed by atoms with Crippen LogP contribution in [0.3, 0.4) is 0 Å². The van der Waals surface area contributed by atoms with E-state index in [-0.39, 0.29) is 37.5 Å². The zero-order chi connectivity index (χ0) is 63.4. The van der Waals surface area contributed by atoms with E-state index < -0.39 is 84.0 Å². The van der Waals surface area contributed by atoms with Crippen LogP contribution in [0, 0.1) is 48.4 Å². The van der Waals surface area contributed by atoms with Crippen LogP contribution >= 0.6 is 0 Å². The first-order chi connectivity index (χ1) is 41.3. The molecule has 2 aliphatic rings. The molecular formula is C68H104N8O10. The summed E-state index contributed by atoms with van der Waals surface area (Å²) in [6.07, 6.45) is 21.8. The minimum absolute atomic E-state index is 0.0218. The number of nitrogens with zero attached hydrogens (tertiary/aromatic N) is 3. The largest absolute Gasteiger partial charge is 0.388 e. The molecule has 10 atom stereocenters. The van der Waals surface area contributed by atoms with E-state index in [1.807, 2.05) is 74.6 Å². The maximum absolute atomic E-state index is 13.7. The van der Waals surface area contributed by atoms with Gasteiger partial charge in [0, 0.05) is 66.0 Å². The van der Waals surface area contributed by atoms with Crippen LogP contribution in [0.2, 0.25) is 0 Å². The van der Waals surface area contributed by atoms with Crippen molar-refractivity contribution in [3.05, 3.63) is 97.1 Å². The highest BCUT2D eigenvalue weighted by molar-refractivity contribution is 5.92. The smallest absolute Gasteiger partial charge is 0.243 e. The lowest BCUT2D eigenvalue weighted by Gasteiger charge is -2.32. The molecule has 86 heavy (non-hydrogen) atoms. The van der Waals surface area contributed by atoms with E-state index in [4.69, 9.17) is 12.8 Å². The molecule has 0 spiro atoms. The van der Waals surface area contributed by atoms with Gasteiger partial charge in [0.2, 0.25) is 35.4 Å². The van der Waals surface area contributed by atoms with Crippen LogP contribution in [-0.4, -0.2) is 180 Å². The minimum atomic E-state index is -1.25. The summed E-state index contributed by atoms with van der Waals surface area (Å²) in [6, 6.07) is 15.3. The van der Waals surface area contributed by atoms with Crippen molar-refractivity contribution in [1.29, 1.82) is 0 Å². The van der Waals surface area contributed by atoms with Gasteiger partial charge >= 0.3 is 0 Å². The molecule has 18 nitrogen and oxygen atoms in total. The fourth-order valence-electron chi connectivity index (χ4n) is 11.0. The second kappa shape index (κ2) is 41.7. The monoisotopic (exact) mass is 1190 g/mol. The fraction of sp³-hybridized carbons (Fsp3) is 0.618. The molecule has 0 unspecified atom stereocenters. The number of carbonyl (C=O) groups is 6. The van der Waals surface area contributed by atoms with Crippen LogP contribution < -0.4 is 26.6 Å². The molecule has 0 aromatic heterocycles. The van der Waals surface area contributed by atoms with Gasteiger partial charge in [-0.15, -0.1) is 37.8 Å². The van der Waals surface area contributed by atoms with Gasteiger partial charge in [-0.3, -0.25) is 28.8 Å². The van der Waals surface area contributed by atoms with Crippen molar-refractivity contribution in [3.63, 3.8) is 0 Å². The number of hydrogen-bond acceptors (Lipinski definition) is 12. The third-order valence-corrected chi connectivity index (χ3v) is 16.7. The lowest BCUT2D eigenvalue weighted by Crippen LogP contribution is -2.55. The highest BCUT2D eigenvalue weighted by atomic mass is 16.3. The molecule has 0 radical (unpaired) electrons. The molecule has 0 saturated heterocycles. The van der Waals surface area contributed by atoms with Gasteiger partial charge in [0.05, 0.1) is 36.1 Å². The van der Waals surface area contributed by atoms with Crippen LogP contribution in [0.15, 0.2) is 86.0 Å². The number of amides is 6. The van der Waals surface area contributed by atoms with E-state index in [9.17, 15) is 49.2 Å². The van der Waals surface area contributed by atoms with Gasteiger partial charge in [-0.05, 0) is 75.2 Å². The van der Waals surface area contributed by atoms with Crippen molar-refractivity contribution < 1.29 is 49.2 Å². The molecule has 2 aromatic carbocycles. The molecule has 9 N–H and O–H groups in total. The van der Waals surface area contributed by atoms with Crippen LogP contribution in [0.25, 0.3) is 0 Å². The SMILES string of the molecule is C#CC[C@H](NC(=O)[C@@H](CC(=O)N(C)CCN(C)CC)Cc1ccccc1)C(=O)N[C@@H](CC1CCCCC1)[C@@H](O)[C@@H](O)C=C.C#CC[C@H](NC(=O)[C@@H](CC(=O)N(C)CCNCCC)Cc1ccccc1)C(=O)N[C@@H](CC1CCCCC1)[C@@H](O)[C@@H](O)C=C. The summed E-state index contributed by atoms with van der Waals surface area (Å²) >= 11 is 0. The Morgan fingerprint density at radius 2 is 0.965 bits per heavy atom. The number of aliphatic hydroxyl groups excluding tert-OH is 4. The number of likely N-dealkylation sites (N-methyl/N-ethyl adjacent to an activating group) is 3. The summed E-state index contributed by atoms with van der Waals surface area (Å²) in [4.78, 5) is 85.9. The third-order valence-electron chi connectivity index (χ3n) is 16.7. The Bertz CT molecular complexity index is 2420. The Hall–Kier alpha value is -6.38. The zero-order valence-corrected chi connectivity index (χ0v) is 52.2. The van der Waals surface area contributed by atoms with Crippen molar-refractivity contribution in [3.8, 4) is 24.7 Å². The van der Waals surface area contributed by atoms with Crippen LogP contribution in [0.1, 0.15) is 134 Å². The van der Waals surface area contributed by atoms with Gasteiger partial charge in [0.25, 0.3) is 0 Å². The highest BCUT2D eigenvalue weighted by Crippen LogP contribution is 2.30. The van der Waals surface area contributed by atoms with E-state index in [1.165, 1.54) is 25.0 Å². The lowest BCUT2D eigenvalue weighted by molar-refractivity contribution is -0.137. The number of carbonyl (C=O) groups excluding carboxylic acids is 6. The Balaban J connectivity index is 0.000000450. The second-order valence-corrected chi connectivity index (χ2v) is 23.5. The summed E-state index contributed by atoms with van der Waals surface area (Å²) in [5, 5.41) is 56.8. The Morgan fingerprint density at radius 1 is 0.570 bits per heavy atom. The summed E-state index contributed by atoms with van der Waals surface area (Å²) in [6.45, 7) is 15.4. The Labute approximate surface area is 514 Å². The van der Waals surface area contributed by atoms with Crippen LogP contribution in [0.4, 0.5) is 0 Å². The summed E-state index contributed by atoms with van der Waals surface area (Å²) in [7, 11) is 5.43. The van der Waals surface area contributed by atoms with E-state index >= 15 is 0 Å². The van der Waals surface area contributed by atoms with Crippen LogP contribution in [-0.2, 0) is 41.6 Å². The standard InChI is InChI=1S/2C34H52N4O5/c1-6-15-28(34(43)36-29(32(41)30(39)7-2)23-26-18-13-10-14-19-26)35-33(42)27(22-25-16-11-9-12-17-25)24-31(40)38(5)21-20-37(4)8-3;1-5-14-28(34(43)37-29(32(41)30(39)7-3)23-26-17-12-9-13-18-26)36-33(42)27(22-25-15-10-8-11-16-25)24-31(40)38(4)21-20-35-19-6-2/h1,7,9,11-12,16-17,26-30,32,39,41H,2,8,10,13-15,18-24H2,3-5H3,(H,35,42)(H,36,43);1,7-8,10-11,15-16,26-30,32,35,39,41H,3,6,9,12-14,17-24H2,2,4H3,(H,36,42)(H,37,43)/t2*27-,28+,29+,30+,32-/m11/s1. The second-order valence-electron chi connectivity index (χ2n) is 23.5. The predicted molar refractivity (Wildman–Crippen MR) is 340 cm³/mol. The molecular weight excluding hydrogens is 1090 g/mol. The Kier molecular flexibility index (Phi) is 35.8. The number of terminal acetylenes is 2. The molecule has 0 heterocycles. The van der Waals surface area contributed by atoms with E-state index in [0.717, 1.165) is 82.0 Å². The van der Waals surface area contributed by atoms with Crippen molar-refractivity contribution in [1.82, 2.24) is 41.3 Å². The Morgan fingerprint density at radius 3 is 1.33 bits per heavy atom. The van der Waals surface area contributed by atoms with Crippen LogP contribution in [0.5, 0.6) is 0 Å². The van der Waals surface area contributed by atoms with Crippen molar-refractivity contribution >= 4 is 35.4 Å². The molecule has 0 bridgehead atoms. The van der Waals surface area contributed by atoms with Gasteiger partial charge in [0.1, 0.15) is 24.3 Å². The number of rotatable bonds is 37. The molecule has 2 aliphatic carbocycles. The first-order valence-corrected chi connectivity index (χ1v) is 31.3. The topological polar surface area (TPSA) is 253 Å². The average molecular weight is 1190 g/mol. The molecule has 0 aliphatic heterocycles. The maximum Gasteiger partial charge on any atom is 0.243 e. The van der Waals surface area contributed by atoms with Gasteiger partial charge in [-0.25, -0.2) is 0 Å². The number of aliphatic hydroxyl groups is 4. The summed E-state index contributed by atoms with van der Waals surface area (Å²) in [5.41, 5.74) is 1.80. The molecule has 18 heteroatoms. The first-order valence-electron chi connectivity index (χ1n) is 31.3. The normalized spacial score (nSPS) is 17.1. The summed E-state index contributed by atoms with van der Waals surface area (Å²) in [5.74, 6) is 1.82. The predicted octanol–water partition coefficient (Wildman–Crippen LogP) is 5.08. The minimum Gasteiger partial charge on any atom is -0.388 e. The van der Waals surface area contributed by atoms with E-state index in [1.54, 1.807) is 23.9 Å². The number of hydrogen-bond donors (Lipinski definition) is 9. The van der Waals surface area contributed by atoms with Gasteiger partial charge in [0.15, 0.2) is 0 Å². The highest BCUT2D eigenvalue weighted by Gasteiger charge is 2.36. The average Bonchev–Trinajstić information content (AvgIpc) is 3.73. The maximum atomic E-state index is 13.7. The van der Waals surface area contributed by atoms with Crippen molar-refractivity contribution in [2.45, 2.75) is 184 Å². The number of nitrogens with one attached hydrogen (secondary N) is 5. The molecule has 2 saturated carbocycles. The zero-order valence-electron chi connectivity index (χ0n) is 52.2. The quantitative estimate of drug-likeness (QED) is 0.0244. The molecule has 6 amide bonds. The van der Waals surface area contributed by atoms with Crippen molar-refractivity contribution in [2.24, 2.45) is 23.7 Å². The molecule has 4 rings (SSSR count). The molecule has 2 aromatic rings. The van der Waals surface area contributed by atoms with Crippen molar-refractivity contribution in [2.75, 3.05) is 60.4 Å². The molecule has 2 fully saturated rings. The van der Waals surface area contributed by atoms with E-state index in [0.29, 0.717) is 63.7 Å². The molecule has 476 valence electrons. The van der Waals surface area contributed by atoms with E-state index in [2.05, 4.69) is 63.4 Å². The fourth-order valence-corrected chi connectivity index (χ4v) is 11.0. The first kappa shape index (κ1) is 73.9. The van der Waals surface area contributed by atoms with Gasteiger partial charge in [-0.1, -0.05) is 151 Å². The summed E-state index contributed by atoms with van der Waals surface area (Å²) < 4.78 is 0.